The number of hydrogen-bond donors (Lipinski definition) is 1. The molecule has 0 aliphatic carbocycles. The van der Waals surface area contributed by atoms with Crippen molar-refractivity contribution in [3.05, 3.63) is 63.6 Å². The summed E-state index contributed by atoms with van der Waals surface area (Å²) in [5.41, 5.74) is 3.78. The lowest BCUT2D eigenvalue weighted by Gasteiger charge is -2.20. The summed E-state index contributed by atoms with van der Waals surface area (Å²) in [6, 6.07) is 15.1. The van der Waals surface area contributed by atoms with E-state index in [0.717, 1.165) is 16.8 Å². The van der Waals surface area contributed by atoms with E-state index in [-0.39, 0.29) is 6.04 Å². The lowest BCUT2D eigenvalue weighted by Crippen LogP contribution is -2.22. The molecule has 0 aromatic heterocycles. The number of benzene rings is 2. The third kappa shape index (κ3) is 4.32. The second-order valence-corrected chi connectivity index (χ2v) is 5.97. The van der Waals surface area contributed by atoms with Crippen LogP contribution in [0.4, 0.5) is 0 Å². The predicted octanol–water partition coefficient (Wildman–Crippen LogP) is 4.86. The van der Waals surface area contributed by atoms with Crippen LogP contribution in [0.2, 0.25) is 0 Å². The van der Waals surface area contributed by atoms with Gasteiger partial charge in [0.1, 0.15) is 5.75 Å². The minimum absolute atomic E-state index is 0.196. The highest BCUT2D eigenvalue weighted by Gasteiger charge is 2.14. The third-order valence-corrected chi connectivity index (χ3v) is 3.79. The highest BCUT2D eigenvalue weighted by atomic mass is 79.9. The molecule has 0 amide bonds. The molecule has 0 radical (unpaired) electrons. The molecule has 2 aromatic rings. The molecule has 0 saturated carbocycles. The van der Waals surface area contributed by atoms with Gasteiger partial charge in [-0.2, -0.15) is 0 Å². The van der Waals surface area contributed by atoms with E-state index in [1.165, 1.54) is 16.7 Å². The van der Waals surface area contributed by atoms with Crippen LogP contribution in [0, 0.1) is 6.92 Å². The minimum atomic E-state index is 0.196. The Morgan fingerprint density at radius 1 is 1.05 bits per heavy atom. The van der Waals surface area contributed by atoms with Crippen molar-refractivity contribution < 1.29 is 4.74 Å². The predicted molar refractivity (Wildman–Crippen MR) is 92.0 cm³/mol. The first-order chi connectivity index (χ1) is 10.1. The first-order valence-corrected chi connectivity index (χ1v) is 8.16. The summed E-state index contributed by atoms with van der Waals surface area (Å²) >= 11 is 3.59. The molecular weight excluding hydrogens is 326 g/mol. The fourth-order valence-corrected chi connectivity index (χ4v) is 3.11. The molecule has 2 nitrogen and oxygen atoms in total. The third-order valence-electron chi connectivity index (χ3n) is 3.33. The van der Waals surface area contributed by atoms with Crippen LogP contribution in [0.5, 0.6) is 5.75 Å². The summed E-state index contributed by atoms with van der Waals surface area (Å²) < 4.78 is 6.63. The number of hydrogen-bond acceptors (Lipinski definition) is 2. The van der Waals surface area contributed by atoms with E-state index in [1.54, 1.807) is 0 Å². The number of halogens is 1. The van der Waals surface area contributed by atoms with Crippen LogP contribution in [-0.4, -0.2) is 13.2 Å². The van der Waals surface area contributed by atoms with Gasteiger partial charge in [0, 0.05) is 4.47 Å². The second-order valence-electron chi connectivity index (χ2n) is 5.05. The molecule has 0 saturated heterocycles. The van der Waals surface area contributed by atoms with E-state index in [4.69, 9.17) is 4.74 Å². The molecule has 3 heteroatoms. The first-order valence-electron chi connectivity index (χ1n) is 7.37. The van der Waals surface area contributed by atoms with Gasteiger partial charge in [0.2, 0.25) is 0 Å². The van der Waals surface area contributed by atoms with Gasteiger partial charge in [-0.25, -0.2) is 0 Å². The maximum Gasteiger partial charge on any atom is 0.119 e. The molecule has 1 N–H and O–H groups in total. The highest BCUT2D eigenvalue weighted by molar-refractivity contribution is 9.10. The number of rotatable bonds is 6. The van der Waals surface area contributed by atoms with Gasteiger partial charge in [0.05, 0.1) is 12.6 Å². The van der Waals surface area contributed by atoms with E-state index in [2.05, 4.69) is 65.4 Å². The van der Waals surface area contributed by atoms with Crippen molar-refractivity contribution >= 4 is 15.9 Å². The van der Waals surface area contributed by atoms with Crippen molar-refractivity contribution in [1.82, 2.24) is 5.32 Å². The summed E-state index contributed by atoms with van der Waals surface area (Å²) in [4.78, 5) is 0. The van der Waals surface area contributed by atoms with Gasteiger partial charge >= 0.3 is 0 Å². The SMILES string of the molecule is CCNC(c1ccc(OCC)cc1)c1cc(C)cc(Br)c1. The van der Waals surface area contributed by atoms with Gasteiger partial charge in [-0.1, -0.05) is 41.1 Å². The normalized spacial score (nSPS) is 12.2. The van der Waals surface area contributed by atoms with Crippen molar-refractivity contribution in [3.63, 3.8) is 0 Å². The van der Waals surface area contributed by atoms with E-state index >= 15 is 0 Å². The Morgan fingerprint density at radius 2 is 1.76 bits per heavy atom. The molecule has 0 bridgehead atoms. The lowest BCUT2D eigenvalue weighted by molar-refractivity contribution is 0.340. The Balaban J connectivity index is 2.33. The summed E-state index contributed by atoms with van der Waals surface area (Å²) in [6.45, 7) is 7.87. The van der Waals surface area contributed by atoms with Crippen LogP contribution in [0.1, 0.15) is 36.6 Å². The van der Waals surface area contributed by atoms with Crippen LogP contribution < -0.4 is 10.1 Å². The maximum atomic E-state index is 5.52. The van der Waals surface area contributed by atoms with E-state index in [1.807, 2.05) is 19.1 Å². The second kappa shape index (κ2) is 7.62. The largest absolute Gasteiger partial charge is 0.494 e. The smallest absolute Gasteiger partial charge is 0.119 e. The van der Waals surface area contributed by atoms with Crippen LogP contribution >= 0.6 is 15.9 Å². The van der Waals surface area contributed by atoms with E-state index in [9.17, 15) is 0 Å². The van der Waals surface area contributed by atoms with Crippen molar-refractivity contribution in [3.8, 4) is 5.75 Å². The van der Waals surface area contributed by atoms with Gasteiger partial charge in [0.25, 0.3) is 0 Å². The summed E-state index contributed by atoms with van der Waals surface area (Å²) in [5, 5.41) is 3.56. The van der Waals surface area contributed by atoms with Crippen LogP contribution in [0.25, 0.3) is 0 Å². The minimum Gasteiger partial charge on any atom is -0.494 e. The lowest BCUT2D eigenvalue weighted by atomic mass is 9.97. The molecule has 0 heterocycles. The van der Waals surface area contributed by atoms with Gasteiger partial charge in [-0.05, 0) is 61.3 Å². The number of nitrogens with one attached hydrogen (secondary N) is 1. The van der Waals surface area contributed by atoms with Crippen LogP contribution in [-0.2, 0) is 0 Å². The Kier molecular flexibility index (Phi) is 5.83. The summed E-state index contributed by atoms with van der Waals surface area (Å²) in [6.07, 6.45) is 0. The number of ether oxygens (including phenoxy) is 1. The molecular formula is C18H22BrNO. The first kappa shape index (κ1) is 16.1. The zero-order valence-electron chi connectivity index (χ0n) is 12.8. The van der Waals surface area contributed by atoms with E-state index < -0.39 is 0 Å². The molecule has 1 unspecified atom stereocenters. The average Bonchev–Trinajstić information content (AvgIpc) is 2.45. The van der Waals surface area contributed by atoms with Crippen molar-refractivity contribution in [2.45, 2.75) is 26.8 Å². The van der Waals surface area contributed by atoms with Gasteiger partial charge in [-0.3, -0.25) is 0 Å². The fraction of sp³-hybridized carbons (Fsp3) is 0.333. The molecule has 0 aliphatic heterocycles. The van der Waals surface area contributed by atoms with Crippen molar-refractivity contribution in [1.29, 1.82) is 0 Å². The maximum absolute atomic E-state index is 5.52. The average molecular weight is 348 g/mol. The zero-order chi connectivity index (χ0) is 15.2. The van der Waals surface area contributed by atoms with Crippen molar-refractivity contribution in [2.24, 2.45) is 0 Å². The van der Waals surface area contributed by atoms with Gasteiger partial charge in [0.15, 0.2) is 0 Å². The topological polar surface area (TPSA) is 21.3 Å². The summed E-state index contributed by atoms with van der Waals surface area (Å²) in [5.74, 6) is 0.918. The highest BCUT2D eigenvalue weighted by Crippen LogP contribution is 2.27. The molecule has 112 valence electrons. The fourth-order valence-electron chi connectivity index (χ4n) is 2.49. The molecule has 1 atom stereocenters. The van der Waals surface area contributed by atoms with Gasteiger partial charge in [-0.15, -0.1) is 0 Å². The molecule has 2 rings (SSSR count). The zero-order valence-corrected chi connectivity index (χ0v) is 14.4. The molecule has 21 heavy (non-hydrogen) atoms. The standard InChI is InChI=1S/C18H22BrNO/c1-4-20-18(15-10-13(3)11-16(19)12-15)14-6-8-17(9-7-14)21-5-2/h6-12,18,20H,4-5H2,1-3H3. The Morgan fingerprint density at radius 3 is 2.33 bits per heavy atom. The van der Waals surface area contributed by atoms with Crippen LogP contribution in [0.3, 0.4) is 0 Å². The van der Waals surface area contributed by atoms with Gasteiger partial charge < -0.3 is 10.1 Å². The number of aryl methyl sites for hydroxylation is 1. The van der Waals surface area contributed by atoms with Crippen molar-refractivity contribution in [2.75, 3.05) is 13.2 Å². The monoisotopic (exact) mass is 347 g/mol. The molecule has 0 fully saturated rings. The summed E-state index contributed by atoms with van der Waals surface area (Å²) in [7, 11) is 0. The molecule has 2 aromatic carbocycles. The quantitative estimate of drug-likeness (QED) is 0.805. The Hall–Kier alpha value is -1.32. The molecule has 0 spiro atoms. The Bertz CT molecular complexity index is 560. The van der Waals surface area contributed by atoms with E-state index in [0.29, 0.717) is 6.61 Å². The van der Waals surface area contributed by atoms with Crippen LogP contribution in [0.15, 0.2) is 46.9 Å². The Labute approximate surface area is 135 Å². The molecule has 0 aliphatic rings.